The van der Waals surface area contributed by atoms with Crippen molar-refractivity contribution in [1.29, 1.82) is 0 Å². The third-order valence-electron chi connectivity index (χ3n) is 4.59. The number of hydrogen-bond donors (Lipinski definition) is 0. The van der Waals surface area contributed by atoms with Crippen LogP contribution in [0.5, 0.6) is 0 Å². The first-order valence-corrected chi connectivity index (χ1v) is 8.34. The van der Waals surface area contributed by atoms with Gasteiger partial charge in [0, 0.05) is 26.2 Å². The van der Waals surface area contributed by atoms with Crippen LogP contribution in [-0.2, 0) is 14.4 Å². The van der Waals surface area contributed by atoms with Crippen molar-refractivity contribution in [1.82, 2.24) is 0 Å². The molecule has 25 heavy (non-hydrogen) atoms. The number of ether oxygens (including phenoxy) is 1. The number of nitrogens with zero attached hydrogens (tertiary/aromatic N) is 2. The Balaban J connectivity index is 1.97. The van der Waals surface area contributed by atoms with Gasteiger partial charge in [0.05, 0.1) is 18.8 Å². The fraction of sp³-hybridized carbons (Fsp3) is 0.350. The fourth-order valence-electron chi connectivity index (χ4n) is 3.16. The van der Waals surface area contributed by atoms with Crippen LogP contribution in [0.3, 0.4) is 0 Å². The summed E-state index contributed by atoms with van der Waals surface area (Å²) >= 11 is 0. The number of carbonyl (C=O) groups is 1. The molecule has 2 aromatic rings. The molecule has 0 radical (unpaired) electrons. The molecule has 2 aromatic carbocycles. The second kappa shape index (κ2) is 6.76. The standard InChI is InChI=1S/C20H24N2O3/c1-20(19(23)24-4)14-18(15-10-12-16(13-11-15)21(2)3)22(25-20)17-8-6-5-7-9-17/h5-13,18H,14H2,1-4H3. The lowest BCUT2D eigenvalue weighted by atomic mass is 9.93. The predicted octanol–water partition coefficient (Wildman–Crippen LogP) is 3.57. The summed E-state index contributed by atoms with van der Waals surface area (Å²) in [7, 11) is 5.42. The lowest BCUT2D eigenvalue weighted by Gasteiger charge is -2.26. The molecular formula is C20H24N2O3. The van der Waals surface area contributed by atoms with Crippen LogP contribution in [0.4, 0.5) is 11.4 Å². The van der Waals surface area contributed by atoms with Crippen molar-refractivity contribution >= 4 is 17.3 Å². The van der Waals surface area contributed by atoms with Crippen LogP contribution >= 0.6 is 0 Å². The van der Waals surface area contributed by atoms with Crippen LogP contribution in [0, 0.1) is 0 Å². The molecular weight excluding hydrogens is 316 g/mol. The molecule has 3 rings (SSSR count). The van der Waals surface area contributed by atoms with Crippen molar-refractivity contribution in [2.45, 2.75) is 25.0 Å². The quantitative estimate of drug-likeness (QED) is 0.796. The average molecular weight is 340 g/mol. The van der Waals surface area contributed by atoms with E-state index in [2.05, 4.69) is 29.2 Å². The van der Waals surface area contributed by atoms with Gasteiger partial charge in [-0.2, -0.15) is 0 Å². The number of hydroxylamine groups is 1. The molecule has 1 heterocycles. The zero-order chi connectivity index (χ0) is 18.0. The lowest BCUT2D eigenvalue weighted by molar-refractivity contribution is -0.163. The molecule has 0 aliphatic carbocycles. The van der Waals surface area contributed by atoms with Crippen LogP contribution < -0.4 is 9.96 Å². The van der Waals surface area contributed by atoms with E-state index in [0.717, 1.165) is 16.9 Å². The molecule has 2 atom stereocenters. The van der Waals surface area contributed by atoms with Gasteiger partial charge < -0.3 is 9.64 Å². The van der Waals surface area contributed by atoms with E-state index in [4.69, 9.17) is 9.57 Å². The maximum atomic E-state index is 12.3. The van der Waals surface area contributed by atoms with E-state index >= 15 is 0 Å². The van der Waals surface area contributed by atoms with E-state index < -0.39 is 5.60 Å². The van der Waals surface area contributed by atoms with Gasteiger partial charge >= 0.3 is 5.97 Å². The smallest absolute Gasteiger partial charge is 0.340 e. The molecule has 0 N–H and O–H groups in total. The Hall–Kier alpha value is -2.53. The van der Waals surface area contributed by atoms with E-state index in [1.807, 2.05) is 49.5 Å². The van der Waals surface area contributed by atoms with Crippen LogP contribution in [0.1, 0.15) is 24.9 Å². The topological polar surface area (TPSA) is 42.0 Å². The molecule has 5 heteroatoms. The number of anilines is 2. The molecule has 1 aliphatic rings. The number of rotatable bonds is 4. The molecule has 2 unspecified atom stereocenters. The Morgan fingerprint density at radius 3 is 2.36 bits per heavy atom. The van der Waals surface area contributed by atoms with Gasteiger partial charge in [0.25, 0.3) is 0 Å². The molecule has 1 aliphatic heterocycles. The van der Waals surface area contributed by atoms with Crippen molar-refractivity contribution in [2.24, 2.45) is 0 Å². The summed E-state index contributed by atoms with van der Waals surface area (Å²) in [5.41, 5.74) is 2.14. The highest BCUT2D eigenvalue weighted by Gasteiger charge is 2.49. The van der Waals surface area contributed by atoms with E-state index in [1.54, 1.807) is 6.92 Å². The normalized spacial score (nSPS) is 22.7. The monoisotopic (exact) mass is 340 g/mol. The maximum absolute atomic E-state index is 12.3. The van der Waals surface area contributed by atoms with Crippen LogP contribution in [-0.4, -0.2) is 32.8 Å². The summed E-state index contributed by atoms with van der Waals surface area (Å²) in [5, 5.41) is 1.82. The summed E-state index contributed by atoms with van der Waals surface area (Å²) in [6, 6.07) is 18.1. The zero-order valence-electron chi connectivity index (χ0n) is 15.1. The van der Waals surface area contributed by atoms with Gasteiger partial charge in [-0.3, -0.25) is 4.84 Å². The summed E-state index contributed by atoms with van der Waals surface area (Å²) in [4.78, 5) is 20.4. The summed E-state index contributed by atoms with van der Waals surface area (Å²) < 4.78 is 4.96. The van der Waals surface area contributed by atoms with Crippen LogP contribution in [0.25, 0.3) is 0 Å². The Morgan fingerprint density at radius 2 is 1.80 bits per heavy atom. The first-order chi connectivity index (χ1) is 11.9. The minimum absolute atomic E-state index is 0.0669. The van der Waals surface area contributed by atoms with E-state index in [0.29, 0.717) is 6.42 Å². The van der Waals surface area contributed by atoms with E-state index in [-0.39, 0.29) is 12.0 Å². The minimum Gasteiger partial charge on any atom is -0.467 e. The van der Waals surface area contributed by atoms with Crippen molar-refractivity contribution in [3.63, 3.8) is 0 Å². The second-order valence-corrected chi connectivity index (χ2v) is 6.68. The highest BCUT2D eigenvalue weighted by atomic mass is 16.7. The Morgan fingerprint density at radius 1 is 1.16 bits per heavy atom. The SMILES string of the molecule is COC(=O)C1(C)CC(c2ccc(N(C)C)cc2)N(c2ccccc2)O1. The number of methoxy groups -OCH3 is 1. The van der Waals surface area contributed by atoms with Crippen molar-refractivity contribution in [2.75, 3.05) is 31.2 Å². The highest BCUT2D eigenvalue weighted by molar-refractivity contribution is 5.80. The van der Waals surface area contributed by atoms with Crippen molar-refractivity contribution < 1.29 is 14.4 Å². The third-order valence-corrected chi connectivity index (χ3v) is 4.59. The average Bonchev–Trinajstić information content (AvgIpc) is 3.01. The molecule has 1 fully saturated rings. The van der Waals surface area contributed by atoms with E-state index in [9.17, 15) is 4.79 Å². The second-order valence-electron chi connectivity index (χ2n) is 6.68. The minimum atomic E-state index is -1.00. The first-order valence-electron chi connectivity index (χ1n) is 8.34. The van der Waals surface area contributed by atoms with Gasteiger partial charge in [-0.05, 0) is 36.8 Å². The van der Waals surface area contributed by atoms with Gasteiger partial charge in [-0.1, -0.05) is 30.3 Å². The Labute approximate surface area is 148 Å². The molecule has 0 amide bonds. The number of benzene rings is 2. The van der Waals surface area contributed by atoms with Gasteiger partial charge in [0.2, 0.25) is 0 Å². The molecule has 0 saturated carbocycles. The van der Waals surface area contributed by atoms with Gasteiger partial charge in [-0.25, -0.2) is 9.86 Å². The lowest BCUT2D eigenvalue weighted by Crippen LogP contribution is -2.37. The number of esters is 1. The highest BCUT2D eigenvalue weighted by Crippen LogP contribution is 2.43. The largest absolute Gasteiger partial charge is 0.467 e. The van der Waals surface area contributed by atoms with Gasteiger partial charge in [0.1, 0.15) is 0 Å². The van der Waals surface area contributed by atoms with Crippen LogP contribution in [0.15, 0.2) is 54.6 Å². The Kier molecular flexibility index (Phi) is 4.68. The molecule has 5 nitrogen and oxygen atoms in total. The zero-order valence-corrected chi connectivity index (χ0v) is 15.1. The van der Waals surface area contributed by atoms with Crippen molar-refractivity contribution in [3.8, 4) is 0 Å². The molecule has 1 saturated heterocycles. The number of hydrogen-bond acceptors (Lipinski definition) is 5. The first kappa shape index (κ1) is 17.3. The summed E-state index contributed by atoms with van der Waals surface area (Å²) in [6.07, 6.45) is 0.524. The summed E-state index contributed by atoms with van der Waals surface area (Å²) in [6.45, 7) is 1.78. The Bertz CT molecular complexity index is 730. The number of para-hydroxylation sites is 1. The molecule has 0 spiro atoms. The third kappa shape index (κ3) is 3.33. The summed E-state index contributed by atoms with van der Waals surface area (Å²) in [5.74, 6) is -0.360. The molecule has 0 bridgehead atoms. The molecule has 132 valence electrons. The van der Waals surface area contributed by atoms with Crippen LogP contribution in [0.2, 0.25) is 0 Å². The number of carbonyl (C=O) groups excluding carboxylic acids is 1. The van der Waals surface area contributed by atoms with Crippen molar-refractivity contribution in [3.05, 3.63) is 60.2 Å². The maximum Gasteiger partial charge on any atom is 0.340 e. The van der Waals surface area contributed by atoms with Gasteiger partial charge in [0.15, 0.2) is 5.60 Å². The molecule has 0 aromatic heterocycles. The fourth-order valence-corrected chi connectivity index (χ4v) is 3.16. The van der Waals surface area contributed by atoms with E-state index in [1.165, 1.54) is 7.11 Å². The predicted molar refractivity (Wildman–Crippen MR) is 98.6 cm³/mol. The van der Waals surface area contributed by atoms with Gasteiger partial charge in [-0.15, -0.1) is 0 Å².